The maximum atomic E-state index is 12.7. The van der Waals surface area contributed by atoms with E-state index in [-0.39, 0.29) is 5.91 Å². The highest BCUT2D eigenvalue weighted by atomic mass is 16.5. The summed E-state index contributed by atoms with van der Waals surface area (Å²) >= 11 is 0. The number of ether oxygens (including phenoxy) is 3. The highest BCUT2D eigenvalue weighted by molar-refractivity contribution is 5.95. The van der Waals surface area contributed by atoms with E-state index in [1.165, 1.54) is 0 Å². The van der Waals surface area contributed by atoms with Crippen molar-refractivity contribution >= 4 is 11.6 Å². The van der Waals surface area contributed by atoms with Crippen LogP contribution in [0.15, 0.2) is 36.4 Å². The number of benzene rings is 2. The van der Waals surface area contributed by atoms with Gasteiger partial charge in [0.1, 0.15) is 0 Å². The Kier molecular flexibility index (Phi) is 7.99. The van der Waals surface area contributed by atoms with Crippen LogP contribution in [0.4, 0.5) is 5.69 Å². The Morgan fingerprint density at radius 3 is 1.89 bits per heavy atom. The number of amides is 1. The van der Waals surface area contributed by atoms with Gasteiger partial charge in [0.25, 0.3) is 5.91 Å². The Morgan fingerprint density at radius 1 is 0.893 bits per heavy atom. The van der Waals surface area contributed by atoms with Crippen molar-refractivity contribution in [3.05, 3.63) is 47.5 Å². The Labute approximate surface area is 167 Å². The standard InChI is InChI=1S/C22H30N2O4/c1-6-26-19-13-17(14-20(27-7-2)21(19)28-8-3)22(25)23-15-16-9-11-18(12-10-16)24(4)5/h9-14H,6-8,15H2,1-5H3,(H,23,25). The van der Waals surface area contributed by atoms with Gasteiger partial charge in [-0.25, -0.2) is 0 Å². The largest absolute Gasteiger partial charge is 0.490 e. The number of carbonyl (C=O) groups is 1. The molecular weight excluding hydrogens is 356 g/mol. The van der Waals surface area contributed by atoms with Crippen molar-refractivity contribution in [2.24, 2.45) is 0 Å². The van der Waals surface area contributed by atoms with Gasteiger partial charge in [0, 0.05) is 31.9 Å². The molecule has 2 aromatic carbocycles. The fourth-order valence-corrected chi connectivity index (χ4v) is 2.72. The van der Waals surface area contributed by atoms with E-state index in [1.54, 1.807) is 12.1 Å². The third kappa shape index (κ3) is 5.55. The van der Waals surface area contributed by atoms with Crippen molar-refractivity contribution in [3.8, 4) is 17.2 Å². The third-order valence-corrected chi connectivity index (χ3v) is 4.08. The molecule has 1 amide bonds. The van der Waals surface area contributed by atoms with E-state index >= 15 is 0 Å². The summed E-state index contributed by atoms with van der Waals surface area (Å²) < 4.78 is 17.0. The van der Waals surface area contributed by atoms with Crippen LogP contribution in [0.1, 0.15) is 36.7 Å². The van der Waals surface area contributed by atoms with Gasteiger partial charge in [0.05, 0.1) is 19.8 Å². The summed E-state index contributed by atoms with van der Waals surface area (Å²) in [5, 5.41) is 2.95. The predicted octanol–water partition coefficient (Wildman–Crippen LogP) is 3.88. The summed E-state index contributed by atoms with van der Waals surface area (Å²) in [5.74, 6) is 1.36. The molecule has 0 unspecified atom stereocenters. The lowest BCUT2D eigenvalue weighted by Gasteiger charge is -2.17. The zero-order valence-corrected chi connectivity index (χ0v) is 17.4. The number of nitrogens with one attached hydrogen (secondary N) is 1. The normalized spacial score (nSPS) is 10.3. The maximum absolute atomic E-state index is 12.7. The molecule has 0 heterocycles. The number of anilines is 1. The van der Waals surface area contributed by atoms with E-state index in [1.807, 2.05) is 64.0 Å². The Balaban J connectivity index is 2.18. The molecule has 6 heteroatoms. The van der Waals surface area contributed by atoms with Gasteiger partial charge >= 0.3 is 0 Å². The Bertz CT molecular complexity index is 746. The van der Waals surface area contributed by atoms with Crippen molar-refractivity contribution in [1.82, 2.24) is 5.32 Å². The summed E-state index contributed by atoms with van der Waals surface area (Å²) in [6.07, 6.45) is 0. The van der Waals surface area contributed by atoms with Crippen molar-refractivity contribution in [2.75, 3.05) is 38.8 Å². The highest BCUT2D eigenvalue weighted by Gasteiger charge is 2.18. The van der Waals surface area contributed by atoms with Crippen LogP contribution in [-0.2, 0) is 6.54 Å². The van der Waals surface area contributed by atoms with Gasteiger partial charge < -0.3 is 24.4 Å². The number of rotatable bonds is 10. The summed E-state index contributed by atoms with van der Waals surface area (Å²) in [6, 6.07) is 11.5. The van der Waals surface area contributed by atoms with E-state index in [2.05, 4.69) is 5.32 Å². The minimum absolute atomic E-state index is 0.193. The molecule has 1 N–H and O–H groups in total. The molecule has 28 heavy (non-hydrogen) atoms. The fraction of sp³-hybridized carbons (Fsp3) is 0.409. The van der Waals surface area contributed by atoms with E-state index in [4.69, 9.17) is 14.2 Å². The van der Waals surface area contributed by atoms with Crippen LogP contribution in [0.25, 0.3) is 0 Å². The maximum Gasteiger partial charge on any atom is 0.251 e. The van der Waals surface area contributed by atoms with Crippen molar-refractivity contribution in [3.63, 3.8) is 0 Å². The first-order valence-electron chi connectivity index (χ1n) is 9.61. The molecule has 6 nitrogen and oxygen atoms in total. The summed E-state index contributed by atoms with van der Waals surface area (Å²) in [5.41, 5.74) is 2.62. The van der Waals surface area contributed by atoms with Gasteiger partial charge in [0.15, 0.2) is 11.5 Å². The van der Waals surface area contributed by atoms with E-state index in [9.17, 15) is 4.79 Å². The molecule has 0 aliphatic carbocycles. The van der Waals surface area contributed by atoms with Crippen molar-refractivity contribution in [2.45, 2.75) is 27.3 Å². The van der Waals surface area contributed by atoms with Crippen molar-refractivity contribution < 1.29 is 19.0 Å². The molecule has 0 aromatic heterocycles. The van der Waals surface area contributed by atoms with Crippen molar-refractivity contribution in [1.29, 1.82) is 0 Å². The van der Waals surface area contributed by atoms with Crippen LogP contribution in [0, 0.1) is 0 Å². The Morgan fingerprint density at radius 2 is 1.43 bits per heavy atom. The number of carbonyl (C=O) groups excluding carboxylic acids is 1. The minimum atomic E-state index is -0.193. The average Bonchev–Trinajstić information content (AvgIpc) is 2.69. The van der Waals surface area contributed by atoms with Gasteiger partial charge in [-0.05, 0) is 50.6 Å². The highest BCUT2D eigenvalue weighted by Crippen LogP contribution is 2.39. The van der Waals surface area contributed by atoms with Crippen LogP contribution in [0.5, 0.6) is 17.2 Å². The molecule has 0 bridgehead atoms. The fourth-order valence-electron chi connectivity index (χ4n) is 2.72. The molecule has 0 atom stereocenters. The predicted molar refractivity (Wildman–Crippen MR) is 112 cm³/mol. The van der Waals surface area contributed by atoms with Crippen LogP contribution < -0.4 is 24.4 Å². The SMILES string of the molecule is CCOc1cc(C(=O)NCc2ccc(N(C)C)cc2)cc(OCC)c1OCC. The molecule has 2 aromatic rings. The van der Waals surface area contributed by atoms with Gasteiger partial charge in [-0.15, -0.1) is 0 Å². The first kappa shape index (κ1) is 21.4. The lowest BCUT2D eigenvalue weighted by atomic mass is 10.1. The van der Waals surface area contributed by atoms with Gasteiger partial charge in [-0.2, -0.15) is 0 Å². The second kappa shape index (κ2) is 10.4. The van der Waals surface area contributed by atoms with Crippen LogP contribution >= 0.6 is 0 Å². The molecule has 2 rings (SSSR count). The number of nitrogens with zero attached hydrogens (tertiary/aromatic N) is 1. The topological polar surface area (TPSA) is 60.0 Å². The van der Waals surface area contributed by atoms with Gasteiger partial charge in [-0.1, -0.05) is 12.1 Å². The molecule has 0 saturated heterocycles. The summed E-state index contributed by atoms with van der Waals surface area (Å²) in [6.45, 7) is 7.53. The lowest BCUT2D eigenvalue weighted by Crippen LogP contribution is -2.23. The summed E-state index contributed by atoms with van der Waals surface area (Å²) in [4.78, 5) is 14.7. The average molecular weight is 386 g/mol. The zero-order valence-electron chi connectivity index (χ0n) is 17.4. The van der Waals surface area contributed by atoms with E-state index in [0.717, 1.165) is 11.3 Å². The molecule has 0 aliphatic rings. The molecule has 0 aliphatic heterocycles. The lowest BCUT2D eigenvalue weighted by molar-refractivity contribution is 0.0949. The van der Waals surface area contributed by atoms with Crippen LogP contribution in [-0.4, -0.2) is 39.8 Å². The number of hydrogen-bond acceptors (Lipinski definition) is 5. The quantitative estimate of drug-likeness (QED) is 0.671. The first-order chi connectivity index (χ1) is 13.5. The summed E-state index contributed by atoms with van der Waals surface area (Å²) in [7, 11) is 3.99. The molecular formula is C22H30N2O4. The minimum Gasteiger partial charge on any atom is -0.490 e. The van der Waals surface area contributed by atoms with Crippen LogP contribution in [0.3, 0.4) is 0 Å². The molecule has 152 valence electrons. The van der Waals surface area contributed by atoms with Crippen LogP contribution in [0.2, 0.25) is 0 Å². The zero-order chi connectivity index (χ0) is 20.5. The van der Waals surface area contributed by atoms with E-state index in [0.29, 0.717) is 49.2 Å². The molecule has 0 saturated carbocycles. The van der Waals surface area contributed by atoms with Gasteiger partial charge in [0.2, 0.25) is 5.75 Å². The van der Waals surface area contributed by atoms with E-state index < -0.39 is 0 Å². The Hall–Kier alpha value is -2.89. The monoisotopic (exact) mass is 386 g/mol. The molecule has 0 fully saturated rings. The third-order valence-electron chi connectivity index (χ3n) is 4.08. The first-order valence-corrected chi connectivity index (χ1v) is 9.61. The molecule has 0 radical (unpaired) electrons. The number of hydrogen-bond donors (Lipinski definition) is 1. The van der Waals surface area contributed by atoms with Gasteiger partial charge in [-0.3, -0.25) is 4.79 Å². The smallest absolute Gasteiger partial charge is 0.251 e. The second-order valence-corrected chi connectivity index (χ2v) is 6.34. The second-order valence-electron chi connectivity index (χ2n) is 6.34. The molecule has 0 spiro atoms.